The van der Waals surface area contributed by atoms with Crippen molar-refractivity contribution in [1.29, 1.82) is 0 Å². The highest BCUT2D eigenvalue weighted by atomic mass is 16.6. The molecule has 12 heteroatoms. The summed E-state index contributed by atoms with van der Waals surface area (Å²) >= 11 is 0. The maximum atomic E-state index is 12.2. The molecule has 0 aliphatic carbocycles. The Morgan fingerprint density at radius 1 is 0.868 bits per heavy atom. The standard InChI is InChI=1S/C14H21N3O3.C12H17N3O3/c1-5-15-11-7-6-10-12(16-11)17(8-9-19-10)13(18)20-14(2,3)4;1-12(2,3)18-11(16)15-6-7-17-8-4-5-9(13)14-10(8)15/h6-7H,5,8-9H2,1-4H3,(H,15,16);4-5H,6-7H2,1-3H3,(H2,13,14). The summed E-state index contributed by atoms with van der Waals surface area (Å²) < 4.78 is 21.7. The summed E-state index contributed by atoms with van der Waals surface area (Å²) in [6.07, 6.45) is -0.839. The lowest BCUT2D eigenvalue weighted by Gasteiger charge is -2.30. The van der Waals surface area contributed by atoms with Gasteiger partial charge in [0.2, 0.25) is 0 Å². The molecular weight excluding hydrogens is 492 g/mol. The molecule has 0 fully saturated rings. The van der Waals surface area contributed by atoms with Gasteiger partial charge in [-0.05, 0) is 72.7 Å². The van der Waals surface area contributed by atoms with Crippen LogP contribution in [0.1, 0.15) is 48.5 Å². The number of hydrogen-bond acceptors (Lipinski definition) is 10. The number of pyridine rings is 2. The number of anilines is 4. The van der Waals surface area contributed by atoms with Crippen molar-refractivity contribution in [3.05, 3.63) is 24.3 Å². The Hall–Kier alpha value is -3.96. The molecule has 2 aliphatic rings. The number of nitrogens with one attached hydrogen (secondary N) is 1. The van der Waals surface area contributed by atoms with Gasteiger partial charge >= 0.3 is 12.2 Å². The fourth-order valence-electron chi connectivity index (χ4n) is 3.47. The van der Waals surface area contributed by atoms with Gasteiger partial charge in [0, 0.05) is 6.54 Å². The maximum absolute atomic E-state index is 12.2. The summed E-state index contributed by atoms with van der Waals surface area (Å²) in [5, 5.41) is 3.12. The first-order chi connectivity index (χ1) is 17.8. The number of nitrogens with zero attached hydrogens (tertiary/aromatic N) is 4. The number of nitrogens with two attached hydrogens (primary N) is 1. The lowest BCUT2D eigenvalue weighted by molar-refractivity contribution is 0.0556. The van der Waals surface area contributed by atoms with Crippen molar-refractivity contribution in [2.24, 2.45) is 0 Å². The fourth-order valence-corrected chi connectivity index (χ4v) is 3.47. The minimum Gasteiger partial charge on any atom is -0.488 e. The summed E-state index contributed by atoms with van der Waals surface area (Å²) in [6, 6.07) is 6.99. The van der Waals surface area contributed by atoms with Crippen LogP contribution in [0.3, 0.4) is 0 Å². The summed E-state index contributed by atoms with van der Waals surface area (Å²) in [5.74, 6) is 3.11. The summed E-state index contributed by atoms with van der Waals surface area (Å²) in [7, 11) is 0. The van der Waals surface area contributed by atoms with Crippen molar-refractivity contribution in [2.75, 3.05) is 53.7 Å². The second-order valence-electron chi connectivity index (χ2n) is 10.6. The fraction of sp³-hybridized carbons (Fsp3) is 0.538. The van der Waals surface area contributed by atoms with Crippen LogP contribution in [0, 0.1) is 0 Å². The molecule has 0 bridgehead atoms. The minimum absolute atomic E-state index is 0.341. The molecule has 0 spiro atoms. The Bertz CT molecular complexity index is 1140. The van der Waals surface area contributed by atoms with E-state index in [1.165, 1.54) is 9.80 Å². The number of amides is 2. The molecule has 0 atom stereocenters. The van der Waals surface area contributed by atoms with E-state index in [0.29, 0.717) is 61.1 Å². The maximum Gasteiger partial charge on any atom is 0.416 e. The van der Waals surface area contributed by atoms with Crippen LogP contribution in [0.2, 0.25) is 0 Å². The monoisotopic (exact) mass is 530 g/mol. The number of aromatic nitrogens is 2. The van der Waals surface area contributed by atoms with E-state index in [2.05, 4.69) is 15.3 Å². The van der Waals surface area contributed by atoms with Gasteiger partial charge in [-0.3, -0.25) is 9.80 Å². The van der Waals surface area contributed by atoms with Crippen LogP contribution in [-0.4, -0.2) is 66.2 Å². The summed E-state index contributed by atoms with van der Waals surface area (Å²) in [5.41, 5.74) is 4.55. The number of hydrogen-bond donors (Lipinski definition) is 2. The Morgan fingerprint density at radius 3 is 1.82 bits per heavy atom. The van der Waals surface area contributed by atoms with Crippen molar-refractivity contribution in [3.63, 3.8) is 0 Å². The molecule has 2 aromatic heterocycles. The smallest absolute Gasteiger partial charge is 0.416 e. The van der Waals surface area contributed by atoms with Gasteiger partial charge in [-0.25, -0.2) is 19.6 Å². The largest absolute Gasteiger partial charge is 0.488 e. The first kappa shape index (κ1) is 28.6. The average molecular weight is 531 g/mol. The normalized spacial score (nSPS) is 14.5. The second-order valence-corrected chi connectivity index (χ2v) is 10.6. The number of ether oxygens (including phenoxy) is 4. The van der Waals surface area contributed by atoms with Gasteiger partial charge in [-0.15, -0.1) is 0 Å². The SMILES string of the molecule is CC(C)(C)OC(=O)N1CCOc2ccc(N)nc21.CCNc1ccc2c(n1)N(C(=O)OC(C)(C)C)CCO2. The number of rotatable bonds is 2. The Balaban J connectivity index is 0.000000212. The first-order valence-corrected chi connectivity index (χ1v) is 12.6. The highest BCUT2D eigenvalue weighted by Crippen LogP contribution is 2.32. The van der Waals surface area contributed by atoms with Crippen LogP contribution < -0.4 is 30.3 Å². The molecule has 12 nitrogen and oxygen atoms in total. The van der Waals surface area contributed by atoms with Gasteiger partial charge in [0.05, 0.1) is 13.1 Å². The highest BCUT2D eigenvalue weighted by Gasteiger charge is 2.30. The van der Waals surface area contributed by atoms with Crippen molar-refractivity contribution in [2.45, 2.75) is 59.7 Å². The molecule has 38 heavy (non-hydrogen) atoms. The molecule has 0 unspecified atom stereocenters. The van der Waals surface area contributed by atoms with Gasteiger partial charge in [0.25, 0.3) is 0 Å². The van der Waals surface area contributed by atoms with Crippen LogP contribution in [0.5, 0.6) is 11.5 Å². The first-order valence-electron chi connectivity index (χ1n) is 12.6. The Labute approximate surface area is 223 Å². The number of nitrogen functional groups attached to an aromatic ring is 1. The average Bonchev–Trinajstić information content (AvgIpc) is 2.81. The van der Waals surface area contributed by atoms with E-state index in [0.717, 1.165) is 6.54 Å². The molecule has 4 rings (SSSR count). The molecule has 4 heterocycles. The van der Waals surface area contributed by atoms with E-state index in [1.807, 2.05) is 60.6 Å². The molecule has 2 amide bonds. The minimum atomic E-state index is -0.546. The molecule has 0 saturated heterocycles. The molecule has 208 valence electrons. The van der Waals surface area contributed by atoms with Crippen molar-refractivity contribution >= 4 is 35.5 Å². The molecule has 0 aromatic carbocycles. The lowest BCUT2D eigenvalue weighted by Crippen LogP contribution is -2.42. The van der Waals surface area contributed by atoms with E-state index in [-0.39, 0.29) is 0 Å². The Morgan fingerprint density at radius 2 is 1.34 bits per heavy atom. The number of carbonyl (C=O) groups is 2. The van der Waals surface area contributed by atoms with Gasteiger partial charge in [0.1, 0.15) is 36.1 Å². The Kier molecular flexibility index (Phi) is 8.74. The van der Waals surface area contributed by atoms with Crippen LogP contribution in [0.4, 0.5) is 32.9 Å². The van der Waals surface area contributed by atoms with Crippen LogP contribution in [0.25, 0.3) is 0 Å². The van der Waals surface area contributed by atoms with Gasteiger partial charge < -0.3 is 30.0 Å². The van der Waals surface area contributed by atoms with E-state index in [4.69, 9.17) is 24.7 Å². The zero-order valence-electron chi connectivity index (χ0n) is 23.2. The third kappa shape index (κ3) is 7.77. The zero-order chi connectivity index (χ0) is 28.1. The predicted octanol–water partition coefficient (Wildman–Crippen LogP) is 4.45. The lowest BCUT2D eigenvalue weighted by atomic mass is 10.2. The zero-order valence-corrected chi connectivity index (χ0v) is 23.2. The van der Waals surface area contributed by atoms with Crippen LogP contribution >= 0.6 is 0 Å². The number of fused-ring (bicyclic) bond motifs is 2. The number of carbonyl (C=O) groups excluding carboxylic acids is 2. The third-order valence-corrected chi connectivity index (χ3v) is 4.94. The summed E-state index contributed by atoms with van der Waals surface area (Å²) in [6.45, 7) is 15.4. The van der Waals surface area contributed by atoms with Crippen LogP contribution in [-0.2, 0) is 9.47 Å². The van der Waals surface area contributed by atoms with E-state index in [9.17, 15) is 9.59 Å². The molecular formula is C26H38N6O6. The molecule has 2 aromatic rings. The van der Waals surface area contributed by atoms with Gasteiger partial charge in [-0.2, -0.15) is 0 Å². The highest BCUT2D eigenvalue weighted by molar-refractivity contribution is 5.90. The molecule has 2 aliphatic heterocycles. The van der Waals surface area contributed by atoms with Crippen molar-refractivity contribution < 1.29 is 28.5 Å². The van der Waals surface area contributed by atoms with E-state index in [1.54, 1.807) is 12.1 Å². The molecule has 0 radical (unpaired) electrons. The van der Waals surface area contributed by atoms with Crippen LogP contribution in [0.15, 0.2) is 24.3 Å². The van der Waals surface area contributed by atoms with Crippen molar-refractivity contribution in [3.8, 4) is 11.5 Å². The molecule has 3 N–H and O–H groups in total. The summed E-state index contributed by atoms with van der Waals surface area (Å²) in [4.78, 5) is 35.8. The second kappa shape index (κ2) is 11.6. The van der Waals surface area contributed by atoms with E-state index >= 15 is 0 Å². The quantitative estimate of drug-likeness (QED) is 0.572. The van der Waals surface area contributed by atoms with E-state index < -0.39 is 23.4 Å². The third-order valence-electron chi connectivity index (χ3n) is 4.94. The molecule has 0 saturated carbocycles. The van der Waals surface area contributed by atoms with Gasteiger partial charge in [-0.1, -0.05) is 0 Å². The predicted molar refractivity (Wildman–Crippen MR) is 145 cm³/mol. The van der Waals surface area contributed by atoms with Gasteiger partial charge in [0.15, 0.2) is 23.1 Å². The topological polar surface area (TPSA) is 141 Å². The van der Waals surface area contributed by atoms with Crippen molar-refractivity contribution in [1.82, 2.24) is 9.97 Å².